The van der Waals surface area contributed by atoms with Gasteiger partial charge < -0.3 is 10.4 Å². The van der Waals surface area contributed by atoms with Gasteiger partial charge in [0.15, 0.2) is 0 Å². The normalized spacial score (nSPS) is 9.85. The summed E-state index contributed by atoms with van der Waals surface area (Å²) in [6.45, 7) is 1.74. The van der Waals surface area contributed by atoms with Gasteiger partial charge in [0.25, 0.3) is 5.91 Å². The monoisotopic (exact) mass is 270 g/mol. The lowest BCUT2D eigenvalue weighted by Crippen LogP contribution is -2.13. The van der Waals surface area contributed by atoms with Crippen LogP contribution < -0.4 is 5.32 Å². The number of nitriles is 1. The number of carbonyl (C=O) groups excluding carboxylic acids is 1. The lowest BCUT2D eigenvalue weighted by Gasteiger charge is -2.09. The molecule has 0 saturated carbocycles. The zero-order chi connectivity index (χ0) is 14.7. The summed E-state index contributed by atoms with van der Waals surface area (Å²) < 4.78 is 13.1. The summed E-state index contributed by atoms with van der Waals surface area (Å²) in [5.41, 5.74) is 1.18. The van der Waals surface area contributed by atoms with E-state index >= 15 is 0 Å². The Balaban J connectivity index is 2.36. The van der Waals surface area contributed by atoms with Gasteiger partial charge in [-0.15, -0.1) is 0 Å². The molecular formula is C15H11FN2O2. The van der Waals surface area contributed by atoms with Crippen molar-refractivity contribution in [3.63, 3.8) is 0 Å². The highest BCUT2D eigenvalue weighted by atomic mass is 19.1. The number of aryl methyl sites for hydroxylation is 1. The minimum atomic E-state index is -0.677. The average molecular weight is 270 g/mol. The number of carbonyl (C=O) groups is 1. The molecule has 0 aliphatic carbocycles. The van der Waals surface area contributed by atoms with Gasteiger partial charge in [-0.25, -0.2) is 4.39 Å². The highest BCUT2D eigenvalue weighted by Gasteiger charge is 2.14. The van der Waals surface area contributed by atoms with Crippen molar-refractivity contribution < 1.29 is 14.3 Å². The van der Waals surface area contributed by atoms with Crippen LogP contribution in [0.15, 0.2) is 36.4 Å². The first-order valence-corrected chi connectivity index (χ1v) is 5.82. The number of benzene rings is 2. The average Bonchev–Trinajstić information content (AvgIpc) is 2.41. The molecular weight excluding hydrogens is 259 g/mol. The fraction of sp³-hybridized carbons (Fsp3) is 0.0667. The molecule has 0 spiro atoms. The van der Waals surface area contributed by atoms with Gasteiger partial charge in [-0.3, -0.25) is 4.79 Å². The molecule has 100 valence electrons. The largest absolute Gasteiger partial charge is 0.507 e. The van der Waals surface area contributed by atoms with Crippen LogP contribution in [-0.2, 0) is 0 Å². The fourth-order valence-electron chi connectivity index (χ4n) is 1.80. The third-order valence-corrected chi connectivity index (χ3v) is 2.84. The maximum Gasteiger partial charge on any atom is 0.259 e. The molecule has 2 rings (SSSR count). The molecule has 0 aliphatic heterocycles. The Morgan fingerprint density at radius 3 is 2.80 bits per heavy atom. The number of phenols is 1. The highest BCUT2D eigenvalue weighted by molar-refractivity contribution is 6.06. The van der Waals surface area contributed by atoms with Gasteiger partial charge in [0.2, 0.25) is 0 Å². The van der Waals surface area contributed by atoms with Crippen molar-refractivity contribution in [3.8, 4) is 11.8 Å². The molecule has 0 heterocycles. The van der Waals surface area contributed by atoms with E-state index in [9.17, 15) is 14.3 Å². The van der Waals surface area contributed by atoms with Crippen molar-refractivity contribution in [3.05, 3.63) is 58.9 Å². The zero-order valence-electron chi connectivity index (χ0n) is 10.6. The van der Waals surface area contributed by atoms with E-state index in [1.807, 2.05) is 6.07 Å². The number of phenolic OH excluding ortho intramolecular Hbond substituents is 1. The Bertz CT molecular complexity index is 720. The summed E-state index contributed by atoms with van der Waals surface area (Å²) in [7, 11) is 0. The molecule has 0 atom stereocenters. The highest BCUT2D eigenvalue weighted by Crippen LogP contribution is 2.22. The van der Waals surface area contributed by atoms with Gasteiger partial charge in [0.05, 0.1) is 16.8 Å². The van der Waals surface area contributed by atoms with E-state index in [1.165, 1.54) is 0 Å². The van der Waals surface area contributed by atoms with Gasteiger partial charge in [0, 0.05) is 0 Å². The van der Waals surface area contributed by atoms with Crippen LogP contribution in [0.4, 0.5) is 10.1 Å². The molecule has 0 bridgehead atoms. The minimum absolute atomic E-state index is 0.185. The van der Waals surface area contributed by atoms with E-state index < -0.39 is 11.7 Å². The van der Waals surface area contributed by atoms with Crippen LogP contribution in [0.2, 0.25) is 0 Å². The summed E-state index contributed by atoms with van der Waals surface area (Å²) >= 11 is 0. The van der Waals surface area contributed by atoms with E-state index in [2.05, 4.69) is 5.32 Å². The Kier molecular flexibility index (Phi) is 3.67. The van der Waals surface area contributed by atoms with Crippen LogP contribution in [0.1, 0.15) is 21.5 Å². The maximum absolute atomic E-state index is 13.1. The topological polar surface area (TPSA) is 73.1 Å². The summed E-state index contributed by atoms with van der Waals surface area (Å²) in [6, 6.07) is 10.1. The van der Waals surface area contributed by atoms with Crippen LogP contribution in [-0.4, -0.2) is 11.0 Å². The first kappa shape index (κ1) is 13.6. The molecule has 1 amide bonds. The smallest absolute Gasteiger partial charge is 0.259 e. The Morgan fingerprint density at radius 2 is 2.10 bits per heavy atom. The first-order chi connectivity index (χ1) is 9.52. The summed E-state index contributed by atoms with van der Waals surface area (Å²) in [5.74, 6) is -1.63. The van der Waals surface area contributed by atoms with Crippen molar-refractivity contribution in [2.24, 2.45) is 0 Å². The Hall–Kier alpha value is -2.87. The van der Waals surface area contributed by atoms with Gasteiger partial charge in [0.1, 0.15) is 17.6 Å². The number of nitrogens with zero attached hydrogens (tertiary/aromatic N) is 1. The van der Waals surface area contributed by atoms with Gasteiger partial charge in [-0.1, -0.05) is 12.1 Å². The van der Waals surface area contributed by atoms with Crippen molar-refractivity contribution in [2.45, 2.75) is 6.92 Å². The third-order valence-electron chi connectivity index (χ3n) is 2.84. The molecule has 0 saturated heterocycles. The van der Waals surface area contributed by atoms with Crippen molar-refractivity contribution in [2.75, 3.05) is 5.32 Å². The van der Waals surface area contributed by atoms with Gasteiger partial charge >= 0.3 is 0 Å². The molecule has 0 radical (unpaired) electrons. The summed E-state index contributed by atoms with van der Waals surface area (Å²) in [5, 5.41) is 21.1. The summed E-state index contributed by atoms with van der Waals surface area (Å²) in [6.07, 6.45) is 0. The Labute approximate surface area is 115 Å². The van der Waals surface area contributed by atoms with Crippen molar-refractivity contribution in [1.29, 1.82) is 5.26 Å². The molecule has 0 aromatic heterocycles. The maximum atomic E-state index is 13.1. The minimum Gasteiger partial charge on any atom is -0.507 e. The lowest BCUT2D eigenvalue weighted by atomic mass is 10.1. The number of amides is 1. The van der Waals surface area contributed by atoms with Crippen molar-refractivity contribution >= 4 is 11.6 Å². The second-order valence-corrected chi connectivity index (χ2v) is 4.22. The molecule has 20 heavy (non-hydrogen) atoms. The fourth-order valence-corrected chi connectivity index (χ4v) is 1.80. The second kappa shape index (κ2) is 5.41. The van der Waals surface area contributed by atoms with Crippen LogP contribution in [0.25, 0.3) is 0 Å². The van der Waals surface area contributed by atoms with Crippen molar-refractivity contribution in [1.82, 2.24) is 0 Å². The molecule has 4 nitrogen and oxygen atoms in total. The number of aromatic hydroxyl groups is 1. The van der Waals surface area contributed by atoms with E-state index in [4.69, 9.17) is 5.26 Å². The third kappa shape index (κ3) is 2.59. The zero-order valence-corrected chi connectivity index (χ0v) is 10.6. The molecule has 0 fully saturated rings. The summed E-state index contributed by atoms with van der Waals surface area (Å²) in [4.78, 5) is 12.0. The van der Waals surface area contributed by atoms with Crippen LogP contribution in [0, 0.1) is 24.1 Å². The number of hydrogen-bond acceptors (Lipinski definition) is 3. The molecule has 2 aromatic rings. The number of halogens is 1. The number of hydrogen-bond donors (Lipinski definition) is 2. The van der Waals surface area contributed by atoms with Gasteiger partial charge in [-0.05, 0) is 36.8 Å². The first-order valence-electron chi connectivity index (χ1n) is 5.82. The number of nitrogens with one attached hydrogen (secondary N) is 1. The lowest BCUT2D eigenvalue weighted by molar-refractivity contribution is 0.102. The van der Waals surface area contributed by atoms with Gasteiger partial charge in [-0.2, -0.15) is 5.26 Å². The van der Waals surface area contributed by atoms with Crippen LogP contribution >= 0.6 is 0 Å². The standard InChI is InChI=1S/C15H11FN2O2/c1-9-3-2-4-13(12(9)8-17)18-15(20)11-7-10(16)5-6-14(11)19/h2-7,19H,1H3,(H,18,20). The van der Waals surface area contributed by atoms with Crippen LogP contribution in [0.5, 0.6) is 5.75 Å². The molecule has 0 aliphatic rings. The van der Waals surface area contributed by atoms with E-state index in [-0.39, 0.29) is 11.3 Å². The molecule has 2 N–H and O–H groups in total. The Morgan fingerprint density at radius 1 is 1.35 bits per heavy atom. The molecule has 2 aromatic carbocycles. The predicted molar refractivity (Wildman–Crippen MR) is 71.9 cm³/mol. The quantitative estimate of drug-likeness (QED) is 0.881. The SMILES string of the molecule is Cc1cccc(NC(=O)c2cc(F)ccc2O)c1C#N. The van der Waals surface area contributed by atoms with Crippen LogP contribution in [0.3, 0.4) is 0 Å². The predicted octanol–water partition coefficient (Wildman–Crippen LogP) is 2.96. The number of anilines is 1. The second-order valence-electron chi connectivity index (χ2n) is 4.22. The van der Waals surface area contributed by atoms with E-state index in [0.717, 1.165) is 18.2 Å². The van der Waals surface area contributed by atoms with E-state index in [0.29, 0.717) is 16.8 Å². The molecule has 5 heteroatoms. The van der Waals surface area contributed by atoms with E-state index in [1.54, 1.807) is 25.1 Å². The number of rotatable bonds is 2. The molecule has 0 unspecified atom stereocenters.